The largest absolute Gasteiger partial charge is 0.352 e. The summed E-state index contributed by atoms with van der Waals surface area (Å²) < 4.78 is 2.19. The summed E-state index contributed by atoms with van der Waals surface area (Å²) in [6.07, 6.45) is 0.601. The Bertz CT molecular complexity index is 850. The van der Waals surface area contributed by atoms with Crippen LogP contribution in [0, 0.1) is 6.92 Å². The molecule has 1 heterocycles. The zero-order chi connectivity index (χ0) is 17.9. The van der Waals surface area contributed by atoms with E-state index in [1.165, 1.54) is 4.90 Å². The van der Waals surface area contributed by atoms with E-state index in [0.29, 0.717) is 18.7 Å². The summed E-state index contributed by atoms with van der Waals surface area (Å²) in [4.78, 5) is 39.0. The zero-order valence-corrected chi connectivity index (χ0v) is 14.4. The first-order chi connectivity index (χ1) is 11.4. The highest BCUT2D eigenvalue weighted by atomic mass is 16.2. The van der Waals surface area contributed by atoms with Gasteiger partial charge >= 0.3 is 5.69 Å². The maximum atomic E-state index is 12.6. The van der Waals surface area contributed by atoms with E-state index in [1.807, 2.05) is 26.0 Å². The molecule has 7 heteroatoms. The molecule has 1 amide bonds. The fourth-order valence-electron chi connectivity index (χ4n) is 2.25. The fraction of sp³-hybridized carbons (Fsp3) is 0.412. The first-order valence-electron chi connectivity index (χ1n) is 7.97. The van der Waals surface area contributed by atoms with Crippen molar-refractivity contribution in [1.82, 2.24) is 19.2 Å². The number of aromatic nitrogens is 3. The lowest BCUT2D eigenvalue weighted by atomic mass is 10.2. The highest BCUT2D eigenvalue weighted by molar-refractivity contribution is 5.91. The Morgan fingerprint density at radius 2 is 1.79 bits per heavy atom. The number of hydrogen-bond donors (Lipinski definition) is 0. The standard InChI is InChI=1S/C17H22N4O3/c1-5-11-20-16(23)14(15(22)19(4)6-2)18-21(17(20)24)13-9-7-12(3)8-10-13/h7-10H,5-6,11H2,1-4H3. The number of carbonyl (C=O) groups excluding carboxylic acids is 1. The summed E-state index contributed by atoms with van der Waals surface area (Å²) in [6.45, 7) is 6.28. The first-order valence-corrected chi connectivity index (χ1v) is 7.97. The summed E-state index contributed by atoms with van der Waals surface area (Å²) in [7, 11) is 1.59. The molecule has 0 N–H and O–H groups in total. The molecule has 2 aromatic rings. The van der Waals surface area contributed by atoms with Crippen LogP contribution in [0.2, 0.25) is 0 Å². The van der Waals surface area contributed by atoms with Crippen molar-refractivity contribution < 1.29 is 4.79 Å². The Kier molecular flexibility index (Phi) is 5.33. The van der Waals surface area contributed by atoms with E-state index >= 15 is 0 Å². The fourth-order valence-corrected chi connectivity index (χ4v) is 2.25. The minimum absolute atomic E-state index is 0.238. The van der Waals surface area contributed by atoms with E-state index in [4.69, 9.17) is 0 Å². The number of amides is 1. The molecule has 0 saturated heterocycles. The second-order valence-electron chi connectivity index (χ2n) is 5.65. The van der Waals surface area contributed by atoms with Crippen LogP contribution in [0.3, 0.4) is 0 Å². The van der Waals surface area contributed by atoms with Crippen molar-refractivity contribution in [2.24, 2.45) is 0 Å². The quantitative estimate of drug-likeness (QED) is 0.825. The van der Waals surface area contributed by atoms with Gasteiger partial charge < -0.3 is 4.90 Å². The third-order valence-electron chi connectivity index (χ3n) is 3.81. The SMILES string of the molecule is CCCn1c(=O)c(C(=O)N(C)CC)nn(-c2ccc(C)cc2)c1=O. The van der Waals surface area contributed by atoms with Crippen LogP contribution in [0.4, 0.5) is 0 Å². The van der Waals surface area contributed by atoms with E-state index in [2.05, 4.69) is 5.10 Å². The average Bonchev–Trinajstić information content (AvgIpc) is 2.58. The molecule has 128 valence electrons. The van der Waals surface area contributed by atoms with Gasteiger partial charge in [0.05, 0.1) is 5.69 Å². The van der Waals surface area contributed by atoms with Crippen LogP contribution >= 0.6 is 0 Å². The second kappa shape index (κ2) is 7.25. The van der Waals surface area contributed by atoms with Gasteiger partial charge in [-0.2, -0.15) is 9.78 Å². The highest BCUT2D eigenvalue weighted by Crippen LogP contribution is 2.06. The monoisotopic (exact) mass is 330 g/mol. The minimum atomic E-state index is -0.643. The highest BCUT2D eigenvalue weighted by Gasteiger charge is 2.22. The van der Waals surface area contributed by atoms with E-state index < -0.39 is 17.2 Å². The average molecular weight is 330 g/mol. The Hall–Kier alpha value is -2.70. The lowest BCUT2D eigenvalue weighted by Gasteiger charge is -2.16. The molecule has 0 fully saturated rings. The van der Waals surface area contributed by atoms with Gasteiger partial charge in [0, 0.05) is 20.1 Å². The number of carbonyl (C=O) groups is 1. The van der Waals surface area contributed by atoms with Crippen molar-refractivity contribution in [3.8, 4) is 5.69 Å². The maximum Gasteiger partial charge on any atom is 0.352 e. The second-order valence-corrected chi connectivity index (χ2v) is 5.65. The Balaban J connectivity index is 2.73. The smallest absolute Gasteiger partial charge is 0.340 e. The van der Waals surface area contributed by atoms with Gasteiger partial charge in [-0.3, -0.25) is 14.2 Å². The van der Waals surface area contributed by atoms with Gasteiger partial charge in [0.1, 0.15) is 0 Å². The van der Waals surface area contributed by atoms with Gasteiger partial charge in [-0.25, -0.2) is 4.79 Å². The Morgan fingerprint density at radius 1 is 1.17 bits per heavy atom. The molecule has 0 radical (unpaired) electrons. The van der Waals surface area contributed by atoms with E-state index in [9.17, 15) is 14.4 Å². The van der Waals surface area contributed by atoms with Gasteiger partial charge in [0.2, 0.25) is 5.69 Å². The Labute approximate surface area is 140 Å². The van der Waals surface area contributed by atoms with Crippen molar-refractivity contribution in [2.45, 2.75) is 33.7 Å². The normalized spacial score (nSPS) is 10.7. The molecule has 0 saturated carbocycles. The van der Waals surface area contributed by atoms with Crippen LogP contribution in [0.25, 0.3) is 5.69 Å². The predicted molar refractivity (Wildman–Crippen MR) is 91.8 cm³/mol. The summed E-state index contributed by atoms with van der Waals surface area (Å²) in [5, 5.41) is 4.06. The van der Waals surface area contributed by atoms with Crippen LogP contribution in [0.1, 0.15) is 36.3 Å². The summed E-state index contributed by atoms with van der Waals surface area (Å²) in [6, 6.07) is 7.17. The molecule has 1 aromatic heterocycles. The first kappa shape index (κ1) is 17.7. The van der Waals surface area contributed by atoms with Crippen LogP contribution in [-0.4, -0.2) is 38.7 Å². The Morgan fingerprint density at radius 3 is 2.33 bits per heavy atom. The molecule has 0 aliphatic carbocycles. The lowest BCUT2D eigenvalue weighted by molar-refractivity contribution is 0.0791. The third-order valence-corrected chi connectivity index (χ3v) is 3.81. The molecule has 0 atom stereocenters. The van der Waals surface area contributed by atoms with Gasteiger partial charge in [0.25, 0.3) is 11.5 Å². The molecule has 1 aromatic carbocycles. The van der Waals surface area contributed by atoms with E-state index in [0.717, 1.165) is 14.8 Å². The molecular weight excluding hydrogens is 308 g/mol. The molecule has 0 aliphatic rings. The number of nitrogens with zero attached hydrogens (tertiary/aromatic N) is 4. The predicted octanol–water partition coefficient (Wildman–Crippen LogP) is 1.20. The minimum Gasteiger partial charge on any atom is -0.340 e. The summed E-state index contributed by atoms with van der Waals surface area (Å²) in [5.74, 6) is -0.492. The molecule has 0 spiro atoms. The zero-order valence-electron chi connectivity index (χ0n) is 14.4. The molecule has 2 rings (SSSR count). The van der Waals surface area contributed by atoms with Gasteiger partial charge in [-0.1, -0.05) is 24.6 Å². The summed E-state index contributed by atoms with van der Waals surface area (Å²) in [5.41, 5.74) is 0.129. The number of benzene rings is 1. The van der Waals surface area contributed by atoms with Gasteiger partial charge in [-0.05, 0) is 32.4 Å². The molecule has 0 aliphatic heterocycles. The molecule has 0 unspecified atom stereocenters. The van der Waals surface area contributed by atoms with E-state index in [-0.39, 0.29) is 12.2 Å². The molecule has 24 heavy (non-hydrogen) atoms. The molecule has 7 nitrogen and oxygen atoms in total. The van der Waals surface area contributed by atoms with Crippen molar-refractivity contribution in [3.05, 3.63) is 56.4 Å². The third kappa shape index (κ3) is 3.29. The van der Waals surface area contributed by atoms with E-state index in [1.54, 1.807) is 26.1 Å². The van der Waals surface area contributed by atoms with Gasteiger partial charge in [0.15, 0.2) is 0 Å². The summed E-state index contributed by atoms with van der Waals surface area (Å²) >= 11 is 0. The van der Waals surface area contributed by atoms with Crippen LogP contribution in [0.15, 0.2) is 33.9 Å². The van der Waals surface area contributed by atoms with Gasteiger partial charge in [-0.15, -0.1) is 0 Å². The van der Waals surface area contributed by atoms with Crippen molar-refractivity contribution in [1.29, 1.82) is 0 Å². The van der Waals surface area contributed by atoms with Crippen molar-refractivity contribution in [3.63, 3.8) is 0 Å². The molecule has 0 bridgehead atoms. The number of rotatable bonds is 5. The van der Waals surface area contributed by atoms with Crippen molar-refractivity contribution >= 4 is 5.91 Å². The van der Waals surface area contributed by atoms with Crippen molar-refractivity contribution in [2.75, 3.05) is 13.6 Å². The van der Waals surface area contributed by atoms with Crippen LogP contribution in [-0.2, 0) is 6.54 Å². The topological polar surface area (TPSA) is 77.2 Å². The number of aryl methyl sites for hydroxylation is 1. The number of hydrogen-bond acceptors (Lipinski definition) is 4. The lowest BCUT2D eigenvalue weighted by Crippen LogP contribution is -2.46. The van der Waals surface area contributed by atoms with Crippen LogP contribution in [0.5, 0.6) is 0 Å². The maximum absolute atomic E-state index is 12.6. The molecular formula is C17H22N4O3. The van der Waals surface area contributed by atoms with Crippen LogP contribution < -0.4 is 11.2 Å².